The molecule has 0 saturated carbocycles. The van der Waals surface area contributed by atoms with Crippen LogP contribution in [0.5, 0.6) is 0 Å². The van der Waals surface area contributed by atoms with Gasteiger partial charge in [-0.3, -0.25) is 14.5 Å². The van der Waals surface area contributed by atoms with Crippen molar-refractivity contribution in [2.24, 2.45) is 0 Å². The molecule has 2 heterocycles. The van der Waals surface area contributed by atoms with Crippen LogP contribution < -0.4 is 10.6 Å². The van der Waals surface area contributed by atoms with Crippen molar-refractivity contribution in [3.63, 3.8) is 0 Å². The molecule has 2 rings (SSSR count). The van der Waals surface area contributed by atoms with E-state index in [1.54, 1.807) is 7.05 Å². The van der Waals surface area contributed by atoms with Crippen LogP contribution in [0.25, 0.3) is 0 Å². The van der Waals surface area contributed by atoms with Gasteiger partial charge in [0.2, 0.25) is 11.8 Å². The summed E-state index contributed by atoms with van der Waals surface area (Å²) in [7, 11) is 1.65. The number of likely N-dealkylation sites (N-methyl/N-ethyl adjacent to an activating group) is 1. The molecule has 0 aromatic carbocycles. The Bertz CT molecular complexity index is 307. The number of amides is 2. The Hall–Kier alpha value is -1.14. The van der Waals surface area contributed by atoms with Crippen molar-refractivity contribution in [3.8, 4) is 0 Å². The smallest absolute Gasteiger partial charge is 0.239 e. The predicted molar refractivity (Wildman–Crippen MR) is 68.1 cm³/mol. The third-order valence-electron chi connectivity index (χ3n) is 3.69. The number of carbonyl (C=O) groups is 2. The molecule has 102 valence electrons. The Labute approximate surface area is 108 Å². The second-order valence-electron chi connectivity index (χ2n) is 4.92. The summed E-state index contributed by atoms with van der Waals surface area (Å²) < 4.78 is 0. The lowest BCUT2D eigenvalue weighted by Gasteiger charge is -2.35. The maximum Gasteiger partial charge on any atom is 0.239 e. The highest BCUT2D eigenvalue weighted by molar-refractivity contribution is 5.82. The number of rotatable bonds is 3. The van der Waals surface area contributed by atoms with Crippen LogP contribution in [-0.4, -0.2) is 74.0 Å². The zero-order valence-corrected chi connectivity index (χ0v) is 10.9. The molecule has 2 fully saturated rings. The van der Waals surface area contributed by atoms with E-state index < -0.39 is 0 Å². The van der Waals surface area contributed by atoms with Crippen molar-refractivity contribution in [2.75, 3.05) is 46.3 Å². The van der Waals surface area contributed by atoms with E-state index in [2.05, 4.69) is 15.5 Å². The summed E-state index contributed by atoms with van der Waals surface area (Å²) in [4.78, 5) is 27.4. The van der Waals surface area contributed by atoms with Gasteiger partial charge in [0.05, 0.1) is 12.6 Å². The number of nitrogens with zero attached hydrogens (tertiary/aromatic N) is 2. The van der Waals surface area contributed by atoms with E-state index in [1.165, 1.54) is 0 Å². The van der Waals surface area contributed by atoms with Gasteiger partial charge in [-0.1, -0.05) is 0 Å². The number of carbonyl (C=O) groups excluding carboxylic acids is 2. The van der Waals surface area contributed by atoms with Crippen LogP contribution in [0.1, 0.15) is 12.8 Å². The standard InChI is InChI=1S/C12H22N4O2/c1-13-11(17)9-15-5-7-16(8-6-15)12(18)10-3-2-4-14-10/h10,14H,2-9H2,1H3,(H,13,17)/t10-/m0/s1. The minimum atomic E-state index is 0.0236. The van der Waals surface area contributed by atoms with E-state index in [0.717, 1.165) is 45.6 Å². The Morgan fingerprint density at radius 3 is 2.56 bits per heavy atom. The summed E-state index contributed by atoms with van der Waals surface area (Å²) in [6, 6.07) is 0.0236. The van der Waals surface area contributed by atoms with Crippen molar-refractivity contribution in [2.45, 2.75) is 18.9 Å². The molecule has 2 saturated heterocycles. The minimum Gasteiger partial charge on any atom is -0.358 e. The van der Waals surface area contributed by atoms with Crippen LogP contribution in [-0.2, 0) is 9.59 Å². The second-order valence-corrected chi connectivity index (χ2v) is 4.92. The summed E-state index contributed by atoms with van der Waals surface area (Å²) in [5.41, 5.74) is 0. The van der Waals surface area contributed by atoms with E-state index in [-0.39, 0.29) is 17.9 Å². The van der Waals surface area contributed by atoms with Gasteiger partial charge in [0.15, 0.2) is 0 Å². The van der Waals surface area contributed by atoms with Crippen LogP contribution in [0.15, 0.2) is 0 Å². The zero-order valence-electron chi connectivity index (χ0n) is 10.9. The average Bonchev–Trinajstić information content (AvgIpc) is 2.92. The molecule has 1 atom stereocenters. The van der Waals surface area contributed by atoms with Crippen molar-refractivity contribution in [1.82, 2.24) is 20.4 Å². The molecule has 6 nitrogen and oxygen atoms in total. The number of hydrogen-bond acceptors (Lipinski definition) is 4. The van der Waals surface area contributed by atoms with Crippen molar-refractivity contribution < 1.29 is 9.59 Å². The third-order valence-corrected chi connectivity index (χ3v) is 3.69. The van der Waals surface area contributed by atoms with Crippen molar-refractivity contribution in [3.05, 3.63) is 0 Å². The Balaban J connectivity index is 1.75. The van der Waals surface area contributed by atoms with Crippen LogP contribution in [0.4, 0.5) is 0 Å². The number of piperazine rings is 1. The van der Waals surface area contributed by atoms with Crippen LogP contribution in [0, 0.1) is 0 Å². The third kappa shape index (κ3) is 3.20. The summed E-state index contributed by atoms with van der Waals surface area (Å²) in [6.45, 7) is 4.41. The van der Waals surface area contributed by atoms with Gasteiger partial charge in [-0.25, -0.2) is 0 Å². The van der Waals surface area contributed by atoms with Crippen LogP contribution in [0.2, 0.25) is 0 Å². The quantitative estimate of drug-likeness (QED) is 0.652. The fraction of sp³-hybridized carbons (Fsp3) is 0.833. The maximum absolute atomic E-state index is 12.2. The molecule has 6 heteroatoms. The molecule has 2 aliphatic heterocycles. The predicted octanol–water partition coefficient (Wildman–Crippen LogP) is -1.37. The van der Waals surface area contributed by atoms with Gasteiger partial charge >= 0.3 is 0 Å². The Morgan fingerprint density at radius 1 is 1.28 bits per heavy atom. The van der Waals surface area contributed by atoms with Gasteiger partial charge in [-0.05, 0) is 19.4 Å². The SMILES string of the molecule is CNC(=O)CN1CCN(C(=O)[C@@H]2CCCN2)CC1. The molecule has 0 aliphatic carbocycles. The normalized spacial score (nSPS) is 25.2. The van der Waals surface area contributed by atoms with Crippen molar-refractivity contribution >= 4 is 11.8 Å². The number of nitrogens with one attached hydrogen (secondary N) is 2. The van der Waals surface area contributed by atoms with Gasteiger partial charge < -0.3 is 15.5 Å². The maximum atomic E-state index is 12.2. The minimum absolute atomic E-state index is 0.0236. The molecule has 0 bridgehead atoms. The molecular formula is C12H22N4O2. The second kappa shape index (κ2) is 6.15. The van der Waals surface area contributed by atoms with Crippen LogP contribution in [0.3, 0.4) is 0 Å². The topological polar surface area (TPSA) is 64.7 Å². The van der Waals surface area contributed by atoms with E-state index >= 15 is 0 Å². The molecule has 18 heavy (non-hydrogen) atoms. The van der Waals surface area contributed by atoms with E-state index in [9.17, 15) is 9.59 Å². The summed E-state index contributed by atoms with van der Waals surface area (Å²) in [6.07, 6.45) is 2.05. The first-order valence-electron chi connectivity index (χ1n) is 6.66. The summed E-state index contributed by atoms with van der Waals surface area (Å²) in [5.74, 6) is 0.263. The van der Waals surface area contributed by atoms with Gasteiger partial charge in [0.1, 0.15) is 0 Å². The summed E-state index contributed by atoms with van der Waals surface area (Å²) >= 11 is 0. The van der Waals surface area contributed by atoms with Gasteiger partial charge in [-0.15, -0.1) is 0 Å². The Morgan fingerprint density at radius 2 is 2.00 bits per heavy atom. The zero-order chi connectivity index (χ0) is 13.0. The molecule has 0 aromatic rings. The highest BCUT2D eigenvalue weighted by atomic mass is 16.2. The lowest BCUT2D eigenvalue weighted by atomic mass is 10.2. The largest absolute Gasteiger partial charge is 0.358 e. The van der Waals surface area contributed by atoms with Gasteiger partial charge in [0, 0.05) is 33.2 Å². The van der Waals surface area contributed by atoms with Gasteiger partial charge in [0.25, 0.3) is 0 Å². The first-order valence-corrected chi connectivity index (χ1v) is 6.66. The number of hydrogen-bond donors (Lipinski definition) is 2. The molecule has 2 N–H and O–H groups in total. The molecule has 0 spiro atoms. The summed E-state index contributed by atoms with van der Waals surface area (Å²) in [5, 5.41) is 5.86. The molecule has 0 radical (unpaired) electrons. The fourth-order valence-corrected chi connectivity index (χ4v) is 2.52. The first-order chi connectivity index (χ1) is 8.70. The lowest BCUT2D eigenvalue weighted by molar-refractivity contribution is -0.135. The monoisotopic (exact) mass is 254 g/mol. The highest BCUT2D eigenvalue weighted by Crippen LogP contribution is 2.10. The lowest BCUT2D eigenvalue weighted by Crippen LogP contribution is -2.54. The molecule has 0 aromatic heterocycles. The first kappa shape index (κ1) is 13.3. The fourth-order valence-electron chi connectivity index (χ4n) is 2.52. The van der Waals surface area contributed by atoms with Crippen LogP contribution >= 0.6 is 0 Å². The highest BCUT2D eigenvalue weighted by Gasteiger charge is 2.29. The van der Waals surface area contributed by atoms with Crippen molar-refractivity contribution in [1.29, 1.82) is 0 Å². The van der Waals surface area contributed by atoms with E-state index in [0.29, 0.717) is 6.54 Å². The molecule has 0 unspecified atom stereocenters. The molecule has 2 aliphatic rings. The Kier molecular flexibility index (Phi) is 4.54. The van der Waals surface area contributed by atoms with E-state index in [1.807, 2.05) is 4.90 Å². The molecular weight excluding hydrogens is 232 g/mol. The average molecular weight is 254 g/mol. The van der Waals surface area contributed by atoms with E-state index in [4.69, 9.17) is 0 Å². The van der Waals surface area contributed by atoms with Gasteiger partial charge in [-0.2, -0.15) is 0 Å². The molecule has 2 amide bonds.